The molecule has 0 aromatic heterocycles. The van der Waals surface area contributed by atoms with E-state index in [-0.39, 0.29) is 18.3 Å². The highest BCUT2D eigenvalue weighted by Gasteiger charge is 2.20. The van der Waals surface area contributed by atoms with Crippen molar-refractivity contribution in [2.75, 3.05) is 38.5 Å². The van der Waals surface area contributed by atoms with Gasteiger partial charge in [0.25, 0.3) is 0 Å². The number of hydrogen-bond acceptors (Lipinski definition) is 3. The maximum absolute atomic E-state index is 12.0. The summed E-state index contributed by atoms with van der Waals surface area (Å²) in [5.41, 5.74) is 0.796. The Labute approximate surface area is 137 Å². The summed E-state index contributed by atoms with van der Waals surface area (Å²) in [5.74, 6) is 0.787. The Morgan fingerprint density at radius 3 is 2.48 bits per heavy atom. The number of anilines is 1. The third kappa shape index (κ3) is 6.22. The Balaban J connectivity index is 0.00000220. The van der Waals surface area contributed by atoms with Crippen molar-refractivity contribution in [2.45, 2.75) is 12.8 Å². The molecule has 0 spiro atoms. The van der Waals surface area contributed by atoms with Gasteiger partial charge in [0.1, 0.15) is 0 Å². The molecule has 0 atom stereocenters. The number of nitrogens with zero attached hydrogens (tertiary/aromatic N) is 1. The molecule has 118 valence electrons. The van der Waals surface area contributed by atoms with Crippen LogP contribution < -0.4 is 10.6 Å². The van der Waals surface area contributed by atoms with Crippen molar-refractivity contribution in [3.8, 4) is 0 Å². The van der Waals surface area contributed by atoms with Crippen LogP contribution in [0.3, 0.4) is 0 Å². The molecule has 1 amide bonds. The van der Waals surface area contributed by atoms with Crippen LogP contribution in [-0.2, 0) is 4.79 Å². The smallest absolute Gasteiger partial charge is 0.238 e. The summed E-state index contributed by atoms with van der Waals surface area (Å²) in [6.45, 7) is 3.54. The van der Waals surface area contributed by atoms with Crippen molar-refractivity contribution in [2.24, 2.45) is 5.92 Å². The minimum absolute atomic E-state index is 0. The Morgan fingerprint density at radius 2 is 1.90 bits per heavy atom. The van der Waals surface area contributed by atoms with Gasteiger partial charge in [0, 0.05) is 10.7 Å². The molecule has 1 aromatic rings. The van der Waals surface area contributed by atoms with E-state index in [1.165, 1.54) is 0 Å². The van der Waals surface area contributed by atoms with Crippen LogP contribution in [0.15, 0.2) is 24.3 Å². The molecule has 0 saturated carbocycles. The van der Waals surface area contributed by atoms with Gasteiger partial charge < -0.3 is 10.6 Å². The van der Waals surface area contributed by atoms with Crippen LogP contribution in [0.4, 0.5) is 5.69 Å². The Hall–Kier alpha value is -0.810. The summed E-state index contributed by atoms with van der Waals surface area (Å²) in [6, 6.07) is 7.19. The van der Waals surface area contributed by atoms with Crippen molar-refractivity contribution < 1.29 is 4.79 Å². The SMILES string of the molecule is CNCC1CCN(CC(=O)Nc2ccc(Cl)cc2)CC1.Cl. The van der Waals surface area contributed by atoms with E-state index in [1.54, 1.807) is 12.1 Å². The van der Waals surface area contributed by atoms with Gasteiger partial charge in [0.2, 0.25) is 5.91 Å². The van der Waals surface area contributed by atoms with Crippen LogP contribution in [0.25, 0.3) is 0 Å². The summed E-state index contributed by atoms with van der Waals surface area (Å²) in [7, 11) is 1.99. The van der Waals surface area contributed by atoms with E-state index in [0.717, 1.165) is 44.1 Å². The maximum Gasteiger partial charge on any atom is 0.238 e. The molecule has 6 heteroatoms. The van der Waals surface area contributed by atoms with Crippen LogP contribution in [0.5, 0.6) is 0 Å². The second-order valence-electron chi connectivity index (χ2n) is 5.33. The fourth-order valence-electron chi connectivity index (χ4n) is 2.57. The van der Waals surface area contributed by atoms with Gasteiger partial charge >= 0.3 is 0 Å². The molecule has 0 bridgehead atoms. The highest BCUT2D eigenvalue weighted by Crippen LogP contribution is 2.17. The van der Waals surface area contributed by atoms with Crippen molar-refractivity contribution in [3.05, 3.63) is 29.3 Å². The number of likely N-dealkylation sites (tertiary alicyclic amines) is 1. The number of piperidine rings is 1. The first kappa shape index (κ1) is 18.2. The molecule has 0 aliphatic carbocycles. The molecule has 0 radical (unpaired) electrons. The predicted octanol–water partition coefficient (Wildman–Crippen LogP) is 2.63. The van der Waals surface area contributed by atoms with Gasteiger partial charge in [-0.2, -0.15) is 0 Å². The molecule has 1 heterocycles. The minimum Gasteiger partial charge on any atom is -0.325 e. The highest BCUT2D eigenvalue weighted by atomic mass is 35.5. The third-order valence-electron chi connectivity index (χ3n) is 3.70. The monoisotopic (exact) mass is 331 g/mol. The average Bonchev–Trinajstić information content (AvgIpc) is 2.44. The Bertz CT molecular complexity index is 431. The molecular weight excluding hydrogens is 309 g/mol. The number of carbonyl (C=O) groups excluding carboxylic acids is 1. The van der Waals surface area contributed by atoms with Gasteiger partial charge in [0.05, 0.1) is 6.54 Å². The van der Waals surface area contributed by atoms with Crippen LogP contribution in [0.2, 0.25) is 5.02 Å². The lowest BCUT2D eigenvalue weighted by Crippen LogP contribution is -2.40. The van der Waals surface area contributed by atoms with Crippen LogP contribution in [0, 0.1) is 5.92 Å². The topological polar surface area (TPSA) is 44.4 Å². The van der Waals surface area contributed by atoms with Crippen LogP contribution >= 0.6 is 24.0 Å². The first-order valence-corrected chi connectivity index (χ1v) is 7.47. The van der Waals surface area contributed by atoms with E-state index in [0.29, 0.717) is 11.6 Å². The van der Waals surface area contributed by atoms with Gasteiger partial charge in [-0.1, -0.05) is 11.6 Å². The fourth-order valence-corrected chi connectivity index (χ4v) is 2.70. The maximum atomic E-state index is 12.0. The molecular formula is C15H23Cl2N3O. The van der Waals surface area contributed by atoms with E-state index in [1.807, 2.05) is 19.2 Å². The summed E-state index contributed by atoms with van der Waals surface area (Å²) in [4.78, 5) is 14.2. The number of halogens is 2. The number of amides is 1. The third-order valence-corrected chi connectivity index (χ3v) is 3.95. The zero-order valence-corrected chi connectivity index (χ0v) is 13.8. The second-order valence-corrected chi connectivity index (χ2v) is 5.77. The highest BCUT2D eigenvalue weighted by molar-refractivity contribution is 6.30. The molecule has 2 N–H and O–H groups in total. The molecule has 2 rings (SSSR count). The second kappa shape index (κ2) is 9.26. The van der Waals surface area contributed by atoms with Crippen molar-refractivity contribution >= 4 is 35.6 Å². The first-order chi connectivity index (χ1) is 9.67. The van der Waals surface area contributed by atoms with E-state index in [2.05, 4.69) is 15.5 Å². The Morgan fingerprint density at radius 1 is 1.29 bits per heavy atom. The van der Waals surface area contributed by atoms with E-state index in [4.69, 9.17) is 11.6 Å². The standard InChI is InChI=1S/C15H22ClN3O.ClH/c1-17-10-12-6-8-19(9-7-12)11-15(20)18-14-4-2-13(16)3-5-14;/h2-5,12,17H,6-11H2,1H3,(H,18,20);1H. The average molecular weight is 332 g/mol. The number of rotatable bonds is 5. The van der Waals surface area contributed by atoms with Crippen LogP contribution in [0.1, 0.15) is 12.8 Å². The number of benzene rings is 1. The normalized spacial score (nSPS) is 16.3. The molecule has 0 unspecified atom stereocenters. The summed E-state index contributed by atoms with van der Waals surface area (Å²) < 4.78 is 0. The number of hydrogen-bond donors (Lipinski definition) is 2. The van der Waals surface area contributed by atoms with Crippen LogP contribution in [-0.4, -0.2) is 44.0 Å². The zero-order valence-electron chi connectivity index (χ0n) is 12.3. The van der Waals surface area contributed by atoms with E-state index < -0.39 is 0 Å². The van der Waals surface area contributed by atoms with Gasteiger partial charge in [-0.05, 0) is 69.7 Å². The fraction of sp³-hybridized carbons (Fsp3) is 0.533. The molecule has 1 aliphatic heterocycles. The van der Waals surface area contributed by atoms with Gasteiger partial charge in [-0.25, -0.2) is 0 Å². The van der Waals surface area contributed by atoms with Crippen molar-refractivity contribution in [3.63, 3.8) is 0 Å². The molecule has 1 aliphatic rings. The van der Waals surface area contributed by atoms with Crippen molar-refractivity contribution in [1.29, 1.82) is 0 Å². The predicted molar refractivity (Wildman–Crippen MR) is 90.4 cm³/mol. The number of nitrogens with one attached hydrogen (secondary N) is 2. The zero-order chi connectivity index (χ0) is 14.4. The van der Waals surface area contributed by atoms with Gasteiger partial charge in [-0.3, -0.25) is 9.69 Å². The van der Waals surface area contributed by atoms with Gasteiger partial charge in [0.15, 0.2) is 0 Å². The lowest BCUT2D eigenvalue weighted by atomic mass is 9.97. The lowest BCUT2D eigenvalue weighted by Gasteiger charge is -2.31. The van der Waals surface area contributed by atoms with Crippen molar-refractivity contribution in [1.82, 2.24) is 10.2 Å². The van der Waals surface area contributed by atoms with Gasteiger partial charge in [-0.15, -0.1) is 12.4 Å². The molecule has 1 aromatic carbocycles. The summed E-state index contributed by atoms with van der Waals surface area (Å²) in [6.07, 6.45) is 2.32. The summed E-state index contributed by atoms with van der Waals surface area (Å²) >= 11 is 5.82. The Kier molecular flexibility index (Phi) is 8.04. The van der Waals surface area contributed by atoms with E-state index >= 15 is 0 Å². The quantitative estimate of drug-likeness (QED) is 0.871. The summed E-state index contributed by atoms with van der Waals surface area (Å²) in [5, 5.41) is 6.80. The largest absolute Gasteiger partial charge is 0.325 e. The first-order valence-electron chi connectivity index (χ1n) is 7.10. The number of carbonyl (C=O) groups is 1. The van der Waals surface area contributed by atoms with E-state index in [9.17, 15) is 4.79 Å². The molecule has 1 fully saturated rings. The molecule has 4 nitrogen and oxygen atoms in total. The lowest BCUT2D eigenvalue weighted by molar-refractivity contribution is -0.117. The molecule has 21 heavy (non-hydrogen) atoms. The molecule has 1 saturated heterocycles. The minimum atomic E-state index is 0.